The van der Waals surface area contributed by atoms with E-state index < -0.39 is 0 Å². The lowest BCUT2D eigenvalue weighted by Gasteiger charge is -2.10. The quantitative estimate of drug-likeness (QED) is 0.615. The number of ether oxygens (including phenoxy) is 1. The highest BCUT2D eigenvalue weighted by atomic mass is 16.5. The molecule has 6 nitrogen and oxygen atoms in total. The summed E-state index contributed by atoms with van der Waals surface area (Å²) in [6.07, 6.45) is 1.35. The van der Waals surface area contributed by atoms with E-state index in [-0.39, 0.29) is 11.9 Å². The van der Waals surface area contributed by atoms with Gasteiger partial charge in [0.1, 0.15) is 11.8 Å². The van der Waals surface area contributed by atoms with Gasteiger partial charge in [0.05, 0.1) is 13.5 Å². The van der Waals surface area contributed by atoms with E-state index in [0.29, 0.717) is 24.1 Å². The topological polar surface area (TPSA) is 77.3 Å². The molecule has 1 aromatic heterocycles. The average Bonchev–Trinajstić information content (AvgIpc) is 3.19. The minimum Gasteiger partial charge on any atom is -0.497 e. The predicted molar refractivity (Wildman–Crippen MR) is 112 cm³/mol. The summed E-state index contributed by atoms with van der Waals surface area (Å²) >= 11 is 0. The summed E-state index contributed by atoms with van der Waals surface area (Å²) in [5.74, 6) is 2.07. The molecular formula is C23H27N3O3. The molecule has 1 atom stereocenters. The SMILES string of the molecule is COc1cccc(-c2noc(C(C)NC(=O)Cc3ccc(CC(C)C)cc3)n2)c1. The monoisotopic (exact) mass is 393 g/mol. The van der Waals surface area contributed by atoms with Crippen LogP contribution in [0.5, 0.6) is 5.75 Å². The minimum absolute atomic E-state index is 0.0877. The number of hydrogen-bond acceptors (Lipinski definition) is 5. The van der Waals surface area contributed by atoms with Crippen LogP contribution in [0.25, 0.3) is 11.4 Å². The molecule has 0 spiro atoms. The van der Waals surface area contributed by atoms with Gasteiger partial charge in [-0.3, -0.25) is 4.79 Å². The average molecular weight is 393 g/mol. The van der Waals surface area contributed by atoms with Crippen LogP contribution in [0.2, 0.25) is 0 Å². The van der Waals surface area contributed by atoms with Gasteiger partial charge in [0.2, 0.25) is 17.6 Å². The third-order valence-corrected chi connectivity index (χ3v) is 4.55. The maximum atomic E-state index is 12.4. The molecule has 29 heavy (non-hydrogen) atoms. The van der Waals surface area contributed by atoms with E-state index in [0.717, 1.165) is 23.3 Å². The Labute approximate surface area is 171 Å². The number of carbonyl (C=O) groups excluding carboxylic acids is 1. The molecule has 152 valence electrons. The Hall–Kier alpha value is -3.15. The Kier molecular flexibility index (Phi) is 6.65. The van der Waals surface area contributed by atoms with Crippen LogP contribution in [0.1, 0.15) is 43.8 Å². The second-order valence-corrected chi connectivity index (χ2v) is 7.57. The molecule has 6 heteroatoms. The molecule has 3 rings (SSSR count). The molecule has 0 saturated carbocycles. The molecular weight excluding hydrogens is 366 g/mol. The zero-order chi connectivity index (χ0) is 20.8. The van der Waals surface area contributed by atoms with Gasteiger partial charge in [0, 0.05) is 5.56 Å². The van der Waals surface area contributed by atoms with Crippen molar-refractivity contribution in [2.75, 3.05) is 7.11 Å². The first-order chi connectivity index (χ1) is 13.9. The number of rotatable bonds is 8. The Morgan fingerprint density at radius 1 is 1.10 bits per heavy atom. The van der Waals surface area contributed by atoms with Crippen molar-refractivity contribution < 1.29 is 14.1 Å². The molecule has 1 amide bonds. The molecule has 1 N–H and O–H groups in total. The van der Waals surface area contributed by atoms with Gasteiger partial charge in [-0.15, -0.1) is 0 Å². The highest BCUT2D eigenvalue weighted by molar-refractivity contribution is 5.78. The van der Waals surface area contributed by atoms with Crippen LogP contribution >= 0.6 is 0 Å². The van der Waals surface area contributed by atoms with Crippen molar-refractivity contribution in [2.24, 2.45) is 5.92 Å². The van der Waals surface area contributed by atoms with Gasteiger partial charge in [0.15, 0.2) is 0 Å². The molecule has 0 aliphatic rings. The first-order valence-electron chi connectivity index (χ1n) is 9.80. The fourth-order valence-corrected chi connectivity index (χ4v) is 3.09. The van der Waals surface area contributed by atoms with Crippen LogP contribution in [0.15, 0.2) is 53.1 Å². The summed E-state index contributed by atoms with van der Waals surface area (Å²) < 4.78 is 10.6. The summed E-state index contributed by atoms with van der Waals surface area (Å²) in [5.41, 5.74) is 3.05. The second kappa shape index (κ2) is 9.37. The van der Waals surface area contributed by atoms with Crippen molar-refractivity contribution in [3.63, 3.8) is 0 Å². The van der Waals surface area contributed by atoms with Crippen LogP contribution < -0.4 is 10.1 Å². The van der Waals surface area contributed by atoms with Crippen LogP contribution in [0, 0.1) is 5.92 Å². The summed E-state index contributed by atoms with van der Waals surface area (Å²) in [5, 5.41) is 6.93. The summed E-state index contributed by atoms with van der Waals surface area (Å²) in [7, 11) is 1.61. The molecule has 0 bridgehead atoms. The van der Waals surface area contributed by atoms with E-state index in [1.54, 1.807) is 7.11 Å². The van der Waals surface area contributed by atoms with Crippen molar-refractivity contribution in [1.82, 2.24) is 15.5 Å². The van der Waals surface area contributed by atoms with Gasteiger partial charge in [-0.1, -0.05) is 55.4 Å². The summed E-state index contributed by atoms with van der Waals surface area (Å²) in [6, 6.07) is 15.2. The molecule has 0 radical (unpaired) electrons. The Bertz CT molecular complexity index is 948. The zero-order valence-corrected chi connectivity index (χ0v) is 17.3. The highest BCUT2D eigenvalue weighted by Crippen LogP contribution is 2.22. The minimum atomic E-state index is -0.380. The highest BCUT2D eigenvalue weighted by Gasteiger charge is 2.18. The molecule has 0 aliphatic heterocycles. The molecule has 1 heterocycles. The van der Waals surface area contributed by atoms with Gasteiger partial charge in [-0.25, -0.2) is 0 Å². The van der Waals surface area contributed by atoms with E-state index >= 15 is 0 Å². The lowest BCUT2D eigenvalue weighted by molar-refractivity contribution is -0.121. The van der Waals surface area contributed by atoms with E-state index in [2.05, 4.69) is 41.4 Å². The zero-order valence-electron chi connectivity index (χ0n) is 17.3. The maximum Gasteiger partial charge on any atom is 0.249 e. The second-order valence-electron chi connectivity index (χ2n) is 7.57. The number of carbonyl (C=O) groups is 1. The number of hydrogen-bond donors (Lipinski definition) is 1. The largest absolute Gasteiger partial charge is 0.497 e. The Morgan fingerprint density at radius 3 is 2.52 bits per heavy atom. The van der Waals surface area contributed by atoms with Gasteiger partial charge >= 0.3 is 0 Å². The van der Waals surface area contributed by atoms with Crippen LogP contribution in [-0.4, -0.2) is 23.2 Å². The lowest BCUT2D eigenvalue weighted by atomic mass is 10.0. The predicted octanol–water partition coefficient (Wildman–Crippen LogP) is 4.36. The molecule has 0 aliphatic carbocycles. The first-order valence-corrected chi connectivity index (χ1v) is 9.80. The number of methoxy groups -OCH3 is 1. The van der Waals surface area contributed by atoms with Crippen molar-refractivity contribution in [2.45, 2.75) is 39.7 Å². The third-order valence-electron chi connectivity index (χ3n) is 4.55. The van der Waals surface area contributed by atoms with E-state index in [1.807, 2.05) is 43.3 Å². The van der Waals surface area contributed by atoms with Crippen molar-refractivity contribution in [3.8, 4) is 17.1 Å². The van der Waals surface area contributed by atoms with Crippen molar-refractivity contribution >= 4 is 5.91 Å². The molecule has 0 saturated heterocycles. The molecule has 0 fully saturated rings. The molecule has 1 unspecified atom stereocenters. The van der Waals surface area contributed by atoms with Crippen LogP contribution in [0.4, 0.5) is 0 Å². The number of aromatic nitrogens is 2. The van der Waals surface area contributed by atoms with Gasteiger partial charge < -0.3 is 14.6 Å². The summed E-state index contributed by atoms with van der Waals surface area (Å²) in [6.45, 7) is 6.21. The fraction of sp³-hybridized carbons (Fsp3) is 0.348. The Balaban J connectivity index is 1.59. The normalized spacial score (nSPS) is 12.0. The number of nitrogens with one attached hydrogen (secondary N) is 1. The lowest BCUT2D eigenvalue weighted by Crippen LogP contribution is -2.28. The van der Waals surface area contributed by atoms with Gasteiger partial charge in [0.25, 0.3) is 0 Å². The van der Waals surface area contributed by atoms with Gasteiger partial charge in [-0.2, -0.15) is 4.98 Å². The van der Waals surface area contributed by atoms with Gasteiger partial charge in [-0.05, 0) is 42.5 Å². The number of amides is 1. The van der Waals surface area contributed by atoms with Crippen LogP contribution in [0.3, 0.4) is 0 Å². The van der Waals surface area contributed by atoms with Crippen molar-refractivity contribution in [3.05, 3.63) is 65.5 Å². The van der Waals surface area contributed by atoms with E-state index in [1.165, 1.54) is 5.56 Å². The standard InChI is InChI=1S/C23H27N3O3/c1-15(2)12-17-8-10-18(11-9-17)13-21(27)24-16(3)23-25-22(26-29-23)19-6-5-7-20(14-19)28-4/h5-11,14-16H,12-13H2,1-4H3,(H,24,27). The third kappa shape index (κ3) is 5.67. The summed E-state index contributed by atoms with van der Waals surface area (Å²) in [4.78, 5) is 16.8. The molecule has 2 aromatic carbocycles. The fourth-order valence-electron chi connectivity index (χ4n) is 3.09. The maximum absolute atomic E-state index is 12.4. The Morgan fingerprint density at radius 2 is 1.83 bits per heavy atom. The number of nitrogens with zero attached hydrogens (tertiary/aromatic N) is 2. The smallest absolute Gasteiger partial charge is 0.249 e. The van der Waals surface area contributed by atoms with Crippen molar-refractivity contribution in [1.29, 1.82) is 0 Å². The van der Waals surface area contributed by atoms with E-state index in [9.17, 15) is 4.79 Å². The first kappa shape index (κ1) is 20.6. The van der Waals surface area contributed by atoms with Crippen LogP contribution in [-0.2, 0) is 17.6 Å². The van der Waals surface area contributed by atoms with E-state index in [4.69, 9.17) is 9.26 Å². The molecule has 3 aromatic rings. The number of benzene rings is 2.